The molecule has 13 heteroatoms. The average Bonchev–Trinajstić information content (AvgIpc) is 2.89. The molecule has 12 nitrogen and oxygen atoms in total. The fourth-order valence-corrected chi connectivity index (χ4v) is 4.78. The van der Waals surface area contributed by atoms with Crippen LogP contribution in [0, 0.1) is 0 Å². The van der Waals surface area contributed by atoms with Crippen LogP contribution in [0.2, 0.25) is 0 Å². The summed E-state index contributed by atoms with van der Waals surface area (Å²) in [6.45, 7) is 0.760. The number of benzene rings is 2. The number of anilines is 2. The number of aromatic nitrogens is 2. The number of ether oxygens (including phenoxy) is 2. The van der Waals surface area contributed by atoms with Crippen molar-refractivity contribution in [3.63, 3.8) is 0 Å². The van der Waals surface area contributed by atoms with Gasteiger partial charge in [0.2, 0.25) is 0 Å². The van der Waals surface area contributed by atoms with E-state index < -0.39 is 46.4 Å². The predicted molar refractivity (Wildman–Crippen MR) is 135 cm³/mol. The summed E-state index contributed by atoms with van der Waals surface area (Å²) in [6, 6.07) is 15.2. The molecule has 1 amide bonds. The van der Waals surface area contributed by atoms with Gasteiger partial charge in [0.1, 0.15) is 11.6 Å². The Kier molecular flexibility index (Phi) is 8.50. The Morgan fingerprint density at radius 2 is 1.59 bits per heavy atom. The second kappa shape index (κ2) is 11.6. The van der Waals surface area contributed by atoms with E-state index in [1.807, 2.05) is 0 Å². The molecule has 0 radical (unpaired) electrons. The largest absolute Gasteiger partial charge is 0.482 e. The van der Waals surface area contributed by atoms with Gasteiger partial charge in [-0.1, -0.05) is 18.2 Å². The van der Waals surface area contributed by atoms with Crippen LogP contribution in [-0.2, 0) is 38.4 Å². The van der Waals surface area contributed by atoms with Crippen molar-refractivity contribution in [1.29, 1.82) is 0 Å². The van der Waals surface area contributed by atoms with Crippen molar-refractivity contribution in [2.45, 2.75) is 11.8 Å². The van der Waals surface area contributed by atoms with E-state index in [0.717, 1.165) is 15.2 Å². The maximum Gasteiger partial charge on any atom is 0.344 e. The van der Waals surface area contributed by atoms with Crippen LogP contribution >= 0.6 is 0 Å². The molecule has 3 aromatic rings. The molecule has 0 saturated heterocycles. The number of carbonyl (C=O) groups is 2. The van der Waals surface area contributed by atoms with Gasteiger partial charge in [0.15, 0.2) is 13.2 Å². The van der Waals surface area contributed by atoms with Crippen LogP contribution < -0.4 is 25.6 Å². The normalized spacial score (nSPS) is 11.0. The standard InChI is InChI=1S/C24H26N4O8S/c1-4-28(37(33,34)19-8-6-5-7-9-19)17-10-12-18(13-11-17)35-16-23(31)36-15-21(29)25-20-14-22(30)27(3)24(32)26(20)2/h5-14H,4,15-16H2,1-3H3,(H,25,29). The minimum atomic E-state index is -3.75. The monoisotopic (exact) mass is 530 g/mol. The molecule has 0 aliphatic carbocycles. The van der Waals surface area contributed by atoms with Crippen molar-refractivity contribution in [2.24, 2.45) is 14.1 Å². The summed E-state index contributed by atoms with van der Waals surface area (Å²) < 4.78 is 39.3. The highest BCUT2D eigenvalue weighted by Gasteiger charge is 2.23. The van der Waals surface area contributed by atoms with E-state index in [1.165, 1.54) is 42.7 Å². The maximum absolute atomic E-state index is 12.9. The van der Waals surface area contributed by atoms with Crippen LogP contribution in [0.4, 0.5) is 11.5 Å². The van der Waals surface area contributed by atoms with Gasteiger partial charge in [0.25, 0.3) is 21.5 Å². The Hall–Kier alpha value is -4.39. The Balaban J connectivity index is 1.54. The number of nitrogens with zero attached hydrogens (tertiary/aromatic N) is 3. The number of nitrogens with one attached hydrogen (secondary N) is 1. The van der Waals surface area contributed by atoms with Crippen LogP contribution in [0.15, 0.2) is 75.1 Å². The molecule has 1 aromatic heterocycles. The highest BCUT2D eigenvalue weighted by molar-refractivity contribution is 7.92. The second-order valence-electron chi connectivity index (χ2n) is 7.74. The summed E-state index contributed by atoms with van der Waals surface area (Å²) in [5.74, 6) is -1.34. The van der Waals surface area contributed by atoms with Crippen molar-refractivity contribution in [1.82, 2.24) is 9.13 Å². The van der Waals surface area contributed by atoms with Gasteiger partial charge in [-0.2, -0.15) is 0 Å². The number of amides is 1. The van der Waals surface area contributed by atoms with E-state index >= 15 is 0 Å². The summed E-state index contributed by atoms with van der Waals surface area (Å²) in [7, 11) is -1.07. The zero-order chi connectivity index (χ0) is 27.2. The molecule has 0 bridgehead atoms. The molecule has 0 saturated carbocycles. The molecule has 2 aromatic carbocycles. The lowest BCUT2D eigenvalue weighted by Gasteiger charge is -2.23. The van der Waals surface area contributed by atoms with Crippen molar-refractivity contribution in [3.8, 4) is 5.75 Å². The predicted octanol–water partition coefficient (Wildman–Crippen LogP) is 0.860. The Morgan fingerprint density at radius 1 is 0.946 bits per heavy atom. The summed E-state index contributed by atoms with van der Waals surface area (Å²) >= 11 is 0. The lowest BCUT2D eigenvalue weighted by atomic mass is 10.3. The van der Waals surface area contributed by atoms with Gasteiger partial charge in [-0.3, -0.25) is 23.0 Å². The fraction of sp³-hybridized carbons (Fsp3) is 0.250. The molecule has 0 unspecified atom stereocenters. The van der Waals surface area contributed by atoms with Crippen molar-refractivity contribution < 1.29 is 27.5 Å². The number of rotatable bonds is 10. The quantitative estimate of drug-likeness (QED) is 0.380. The molecule has 0 fully saturated rings. The first kappa shape index (κ1) is 27.2. The Morgan fingerprint density at radius 3 is 2.22 bits per heavy atom. The Labute approximate surface area is 212 Å². The fourth-order valence-electron chi connectivity index (χ4n) is 3.28. The molecular weight excluding hydrogens is 504 g/mol. The lowest BCUT2D eigenvalue weighted by Crippen LogP contribution is -2.38. The Bertz CT molecular complexity index is 1500. The first-order valence-electron chi connectivity index (χ1n) is 11.1. The third-order valence-corrected chi connectivity index (χ3v) is 7.17. The molecule has 0 spiro atoms. The zero-order valence-electron chi connectivity index (χ0n) is 20.4. The highest BCUT2D eigenvalue weighted by Crippen LogP contribution is 2.25. The summed E-state index contributed by atoms with van der Waals surface area (Å²) in [4.78, 5) is 47.8. The highest BCUT2D eigenvalue weighted by atomic mass is 32.2. The van der Waals surface area contributed by atoms with E-state index in [-0.39, 0.29) is 23.0 Å². The molecule has 3 rings (SSSR count). The summed E-state index contributed by atoms with van der Waals surface area (Å²) in [5, 5.41) is 2.33. The van der Waals surface area contributed by atoms with E-state index in [2.05, 4.69) is 5.32 Å². The smallest absolute Gasteiger partial charge is 0.344 e. The van der Waals surface area contributed by atoms with Gasteiger partial charge in [-0.25, -0.2) is 18.0 Å². The van der Waals surface area contributed by atoms with E-state index in [1.54, 1.807) is 37.3 Å². The minimum absolute atomic E-state index is 0.0408. The second-order valence-corrected chi connectivity index (χ2v) is 9.61. The SMILES string of the molecule is CCN(c1ccc(OCC(=O)OCC(=O)Nc2cc(=O)n(C)c(=O)n2C)cc1)S(=O)(=O)c1ccccc1. The van der Waals surface area contributed by atoms with Crippen LogP contribution in [0.25, 0.3) is 0 Å². The number of hydrogen-bond acceptors (Lipinski definition) is 8. The molecule has 1 heterocycles. The van der Waals surface area contributed by atoms with Gasteiger partial charge < -0.3 is 14.8 Å². The lowest BCUT2D eigenvalue weighted by molar-refractivity contribution is -0.149. The van der Waals surface area contributed by atoms with Crippen molar-refractivity contribution in [3.05, 3.63) is 81.5 Å². The molecule has 0 aliphatic rings. The molecule has 196 valence electrons. The average molecular weight is 531 g/mol. The number of esters is 1. The third-order valence-electron chi connectivity index (χ3n) is 5.26. The number of hydrogen-bond donors (Lipinski definition) is 1. The van der Waals surface area contributed by atoms with Gasteiger partial charge in [-0.15, -0.1) is 0 Å². The van der Waals surface area contributed by atoms with Crippen LogP contribution in [-0.4, -0.2) is 49.2 Å². The number of carbonyl (C=O) groups excluding carboxylic acids is 2. The van der Waals surface area contributed by atoms with Crippen molar-refractivity contribution in [2.75, 3.05) is 29.4 Å². The minimum Gasteiger partial charge on any atom is -0.482 e. The molecular formula is C24H26N4O8S. The molecule has 0 aliphatic heterocycles. The third kappa shape index (κ3) is 6.44. The van der Waals surface area contributed by atoms with E-state index in [0.29, 0.717) is 5.69 Å². The van der Waals surface area contributed by atoms with Crippen LogP contribution in [0.3, 0.4) is 0 Å². The topological polar surface area (TPSA) is 146 Å². The van der Waals surface area contributed by atoms with Gasteiger partial charge in [-0.05, 0) is 43.3 Å². The van der Waals surface area contributed by atoms with E-state index in [4.69, 9.17) is 9.47 Å². The summed E-state index contributed by atoms with van der Waals surface area (Å²) in [5.41, 5.74) is -0.809. The van der Waals surface area contributed by atoms with Gasteiger partial charge in [0, 0.05) is 26.7 Å². The first-order valence-corrected chi connectivity index (χ1v) is 12.5. The molecule has 0 atom stereocenters. The molecule has 1 N–H and O–H groups in total. The van der Waals surface area contributed by atoms with Gasteiger partial charge in [0.05, 0.1) is 10.6 Å². The zero-order valence-corrected chi connectivity index (χ0v) is 21.2. The summed E-state index contributed by atoms with van der Waals surface area (Å²) in [6.07, 6.45) is 0. The molecule has 37 heavy (non-hydrogen) atoms. The number of sulfonamides is 1. The maximum atomic E-state index is 12.9. The van der Waals surface area contributed by atoms with Crippen LogP contribution in [0.1, 0.15) is 6.92 Å². The van der Waals surface area contributed by atoms with Gasteiger partial charge >= 0.3 is 11.7 Å². The first-order chi connectivity index (χ1) is 17.5. The van der Waals surface area contributed by atoms with Crippen LogP contribution in [0.5, 0.6) is 5.75 Å². The van der Waals surface area contributed by atoms with Crippen molar-refractivity contribution >= 4 is 33.4 Å². The van der Waals surface area contributed by atoms with E-state index in [9.17, 15) is 27.6 Å².